The van der Waals surface area contributed by atoms with Crippen molar-refractivity contribution in [3.63, 3.8) is 0 Å². The molecule has 0 amide bonds. The van der Waals surface area contributed by atoms with Gasteiger partial charge in [0.25, 0.3) is 0 Å². The summed E-state index contributed by atoms with van der Waals surface area (Å²) in [6, 6.07) is 5.99. The molecular formula is C16H24N2O. The summed E-state index contributed by atoms with van der Waals surface area (Å²) >= 11 is 0. The third-order valence-electron chi connectivity index (χ3n) is 4.19. The van der Waals surface area contributed by atoms with E-state index < -0.39 is 0 Å². The lowest BCUT2D eigenvalue weighted by Crippen LogP contribution is -2.33. The van der Waals surface area contributed by atoms with Crippen molar-refractivity contribution in [3.8, 4) is 0 Å². The Morgan fingerprint density at radius 3 is 2.74 bits per heavy atom. The van der Waals surface area contributed by atoms with E-state index in [2.05, 4.69) is 30.7 Å². The van der Waals surface area contributed by atoms with Gasteiger partial charge in [-0.1, -0.05) is 26.8 Å². The highest BCUT2D eigenvalue weighted by Crippen LogP contribution is 2.37. The summed E-state index contributed by atoms with van der Waals surface area (Å²) in [6.45, 7) is 8.96. The first kappa shape index (κ1) is 14.2. The van der Waals surface area contributed by atoms with E-state index in [-0.39, 0.29) is 11.3 Å². The van der Waals surface area contributed by atoms with Gasteiger partial charge in [0.15, 0.2) is 0 Å². The number of nitrogens with zero attached hydrogens (tertiary/aromatic N) is 2. The first-order valence-corrected chi connectivity index (χ1v) is 7.19. The Balaban J connectivity index is 1.95. The molecule has 1 aliphatic rings. The molecule has 1 heterocycles. The van der Waals surface area contributed by atoms with E-state index in [1.54, 1.807) is 0 Å². The average Bonchev–Trinajstić information content (AvgIpc) is 2.66. The van der Waals surface area contributed by atoms with Crippen LogP contribution in [0.3, 0.4) is 0 Å². The molecule has 1 aromatic heterocycles. The summed E-state index contributed by atoms with van der Waals surface area (Å²) in [5.74, 6) is 0.644. The Kier molecular flexibility index (Phi) is 4.35. The molecule has 0 spiro atoms. The van der Waals surface area contributed by atoms with Gasteiger partial charge in [-0.15, -0.1) is 0 Å². The van der Waals surface area contributed by atoms with Crippen LogP contribution in [0, 0.1) is 11.3 Å². The SMILES string of the molecule is CCN(Cc1ccccn1)CC1CCC(C)(C)C1=O. The molecule has 0 aromatic carbocycles. The lowest BCUT2D eigenvalue weighted by Gasteiger charge is -2.24. The zero-order valence-corrected chi connectivity index (χ0v) is 12.2. The Morgan fingerprint density at radius 1 is 1.42 bits per heavy atom. The van der Waals surface area contributed by atoms with Crippen LogP contribution >= 0.6 is 0 Å². The maximum absolute atomic E-state index is 12.3. The Bertz CT molecular complexity index is 428. The number of ketones is 1. The quantitative estimate of drug-likeness (QED) is 0.816. The van der Waals surface area contributed by atoms with Gasteiger partial charge in [0, 0.05) is 30.6 Å². The van der Waals surface area contributed by atoms with Gasteiger partial charge in [0.2, 0.25) is 0 Å². The normalized spacial score (nSPS) is 22.1. The van der Waals surface area contributed by atoms with Gasteiger partial charge in [0.05, 0.1) is 5.69 Å². The van der Waals surface area contributed by atoms with Crippen molar-refractivity contribution in [1.29, 1.82) is 0 Å². The summed E-state index contributed by atoms with van der Waals surface area (Å²) in [6.07, 6.45) is 3.88. The molecule has 104 valence electrons. The third kappa shape index (κ3) is 3.41. The zero-order chi connectivity index (χ0) is 13.9. The second-order valence-electron chi connectivity index (χ2n) is 6.13. The lowest BCUT2D eigenvalue weighted by atomic mass is 9.89. The van der Waals surface area contributed by atoms with Crippen molar-refractivity contribution < 1.29 is 4.79 Å². The van der Waals surface area contributed by atoms with Gasteiger partial charge >= 0.3 is 0 Å². The topological polar surface area (TPSA) is 33.2 Å². The number of carbonyl (C=O) groups excluding carboxylic acids is 1. The van der Waals surface area contributed by atoms with Crippen LogP contribution in [0.25, 0.3) is 0 Å². The number of carbonyl (C=O) groups is 1. The third-order valence-corrected chi connectivity index (χ3v) is 4.19. The number of hydrogen-bond donors (Lipinski definition) is 0. The second kappa shape index (κ2) is 5.83. The molecule has 0 aliphatic heterocycles. The van der Waals surface area contributed by atoms with Crippen LogP contribution in [-0.2, 0) is 11.3 Å². The molecule has 0 N–H and O–H groups in total. The molecular weight excluding hydrogens is 236 g/mol. The van der Waals surface area contributed by atoms with E-state index in [4.69, 9.17) is 0 Å². The summed E-state index contributed by atoms with van der Waals surface area (Å²) < 4.78 is 0. The maximum atomic E-state index is 12.3. The summed E-state index contributed by atoms with van der Waals surface area (Å²) in [5, 5.41) is 0. The number of pyridine rings is 1. The molecule has 1 atom stereocenters. The second-order valence-corrected chi connectivity index (χ2v) is 6.13. The fourth-order valence-electron chi connectivity index (χ4n) is 2.85. The zero-order valence-electron chi connectivity index (χ0n) is 12.2. The summed E-state index contributed by atoms with van der Waals surface area (Å²) in [5.41, 5.74) is 0.962. The molecule has 1 aromatic rings. The van der Waals surface area contributed by atoms with Crippen molar-refractivity contribution in [2.24, 2.45) is 11.3 Å². The Hall–Kier alpha value is -1.22. The molecule has 0 saturated heterocycles. The van der Waals surface area contributed by atoms with Crippen LogP contribution in [0.4, 0.5) is 0 Å². The van der Waals surface area contributed by atoms with Gasteiger partial charge in [-0.3, -0.25) is 14.7 Å². The molecule has 3 nitrogen and oxygen atoms in total. The number of rotatable bonds is 5. The van der Waals surface area contributed by atoms with Crippen LogP contribution in [0.15, 0.2) is 24.4 Å². The molecule has 1 unspecified atom stereocenters. The monoisotopic (exact) mass is 260 g/mol. The molecule has 1 saturated carbocycles. The minimum Gasteiger partial charge on any atom is -0.299 e. The maximum Gasteiger partial charge on any atom is 0.142 e. The fraction of sp³-hybridized carbons (Fsp3) is 0.625. The molecule has 1 fully saturated rings. The van der Waals surface area contributed by atoms with E-state index in [1.807, 2.05) is 24.4 Å². The average molecular weight is 260 g/mol. The first-order chi connectivity index (χ1) is 9.03. The van der Waals surface area contributed by atoms with Crippen molar-refractivity contribution in [2.45, 2.75) is 40.2 Å². The van der Waals surface area contributed by atoms with E-state index in [0.717, 1.165) is 38.2 Å². The number of Topliss-reactive ketones (excluding diaryl/α,β-unsaturated/α-hetero) is 1. The van der Waals surface area contributed by atoms with Crippen molar-refractivity contribution in [2.75, 3.05) is 13.1 Å². The number of aromatic nitrogens is 1. The van der Waals surface area contributed by atoms with Crippen LogP contribution in [0.5, 0.6) is 0 Å². The predicted molar refractivity (Wildman–Crippen MR) is 76.7 cm³/mol. The molecule has 0 radical (unpaired) electrons. The van der Waals surface area contributed by atoms with Crippen LogP contribution in [0.2, 0.25) is 0 Å². The molecule has 1 aliphatic carbocycles. The van der Waals surface area contributed by atoms with Gasteiger partial charge in [-0.2, -0.15) is 0 Å². The molecule has 3 heteroatoms. The molecule has 19 heavy (non-hydrogen) atoms. The highest BCUT2D eigenvalue weighted by Gasteiger charge is 2.40. The first-order valence-electron chi connectivity index (χ1n) is 7.19. The highest BCUT2D eigenvalue weighted by atomic mass is 16.1. The highest BCUT2D eigenvalue weighted by molar-refractivity contribution is 5.88. The van der Waals surface area contributed by atoms with Crippen molar-refractivity contribution in [1.82, 2.24) is 9.88 Å². The number of hydrogen-bond acceptors (Lipinski definition) is 3. The Labute approximate surface area is 116 Å². The van der Waals surface area contributed by atoms with Crippen molar-refractivity contribution >= 4 is 5.78 Å². The van der Waals surface area contributed by atoms with Gasteiger partial charge in [-0.05, 0) is 31.5 Å². The van der Waals surface area contributed by atoms with E-state index in [9.17, 15) is 4.79 Å². The minimum absolute atomic E-state index is 0.116. The predicted octanol–water partition coefficient (Wildman–Crippen LogP) is 2.91. The lowest BCUT2D eigenvalue weighted by molar-refractivity contribution is -0.128. The van der Waals surface area contributed by atoms with Gasteiger partial charge in [-0.25, -0.2) is 0 Å². The van der Waals surface area contributed by atoms with Crippen LogP contribution < -0.4 is 0 Å². The van der Waals surface area contributed by atoms with Crippen LogP contribution in [-0.4, -0.2) is 28.8 Å². The molecule has 2 rings (SSSR count). The van der Waals surface area contributed by atoms with Crippen LogP contribution in [0.1, 0.15) is 39.3 Å². The molecule has 0 bridgehead atoms. The van der Waals surface area contributed by atoms with Gasteiger partial charge in [0.1, 0.15) is 5.78 Å². The van der Waals surface area contributed by atoms with Crippen molar-refractivity contribution in [3.05, 3.63) is 30.1 Å². The van der Waals surface area contributed by atoms with E-state index in [1.165, 1.54) is 0 Å². The Morgan fingerprint density at radius 2 is 2.21 bits per heavy atom. The van der Waals surface area contributed by atoms with Gasteiger partial charge < -0.3 is 0 Å². The standard InChI is InChI=1S/C16H24N2O/c1-4-18(12-14-7-5-6-10-17-14)11-13-8-9-16(2,3)15(13)19/h5-7,10,13H,4,8-9,11-12H2,1-3H3. The summed E-state index contributed by atoms with van der Waals surface area (Å²) in [4.78, 5) is 19.0. The minimum atomic E-state index is -0.116. The smallest absolute Gasteiger partial charge is 0.142 e. The van der Waals surface area contributed by atoms with E-state index in [0.29, 0.717) is 5.78 Å². The largest absolute Gasteiger partial charge is 0.299 e. The van der Waals surface area contributed by atoms with E-state index >= 15 is 0 Å². The fourth-order valence-corrected chi connectivity index (χ4v) is 2.85. The summed E-state index contributed by atoms with van der Waals surface area (Å²) in [7, 11) is 0.